The molecule has 64 heavy (non-hydrogen) atoms. The molecule has 2 heteroatoms. The van der Waals surface area contributed by atoms with Crippen molar-refractivity contribution in [2.45, 2.75) is 24.7 Å². The van der Waals surface area contributed by atoms with Crippen molar-refractivity contribution in [2.75, 3.05) is 4.90 Å². The normalized spacial score (nSPS) is 17.2. The Hall–Kier alpha value is -7.94. The quantitative estimate of drug-likeness (QED) is 0.172. The number of benzene rings is 10. The molecule has 300 valence electrons. The van der Waals surface area contributed by atoms with Crippen LogP contribution < -0.4 is 4.90 Å². The smallest absolute Gasteiger partial charge is 0.0726 e. The Labute approximate surface area is 381 Å². The maximum atomic E-state index is 9.95. The van der Waals surface area contributed by atoms with Crippen molar-refractivity contribution >= 4 is 49.6 Å². The van der Waals surface area contributed by atoms with Gasteiger partial charge in [-0.1, -0.05) is 177 Å². The predicted octanol–water partition coefficient (Wildman–Crippen LogP) is 16.1. The molecule has 0 saturated heterocycles. The zero-order chi connectivity index (χ0) is 47.5. The molecule has 0 radical (unpaired) electrons. The van der Waals surface area contributed by atoms with Crippen molar-refractivity contribution in [1.29, 1.82) is 0 Å². The highest BCUT2D eigenvalue weighted by atomic mass is 15.1. The fourth-order valence-electron chi connectivity index (χ4n) is 11.8. The third-order valence-electron chi connectivity index (χ3n) is 14.5. The van der Waals surface area contributed by atoms with Gasteiger partial charge in [0.1, 0.15) is 0 Å². The molecule has 2 nitrogen and oxygen atoms in total. The van der Waals surface area contributed by atoms with E-state index in [-0.39, 0.29) is 47.1 Å². The van der Waals surface area contributed by atoms with E-state index in [2.05, 4.69) is 169 Å². The molecule has 1 unspecified atom stereocenters. The van der Waals surface area contributed by atoms with Gasteiger partial charge in [0.25, 0.3) is 0 Å². The van der Waals surface area contributed by atoms with Crippen LogP contribution in [0.5, 0.6) is 0 Å². The van der Waals surface area contributed by atoms with Gasteiger partial charge in [0.2, 0.25) is 0 Å². The molecule has 0 aliphatic heterocycles. The topological polar surface area (TPSA) is 8.17 Å². The summed E-state index contributed by atoms with van der Waals surface area (Å²) >= 11 is 0. The third-order valence-corrected chi connectivity index (χ3v) is 14.5. The summed E-state index contributed by atoms with van der Waals surface area (Å²) < 4.78 is 58.6. The van der Waals surface area contributed by atoms with Crippen molar-refractivity contribution in [3.63, 3.8) is 0 Å². The van der Waals surface area contributed by atoms with E-state index in [1.54, 1.807) is 0 Å². The summed E-state index contributed by atoms with van der Waals surface area (Å²) in [5, 5.41) is 2.87. The molecule has 11 aromatic rings. The van der Waals surface area contributed by atoms with E-state index in [4.69, 9.17) is 1.37 Å². The number of hydrogen-bond donors (Lipinski definition) is 0. The lowest BCUT2D eigenvalue weighted by Gasteiger charge is -2.40. The van der Waals surface area contributed by atoms with Crippen LogP contribution in [0, 0.1) is 0 Å². The number of hydrogen-bond acceptors (Lipinski definition) is 1. The molecule has 0 bridgehead atoms. The van der Waals surface area contributed by atoms with Crippen LogP contribution >= 0.6 is 0 Å². The van der Waals surface area contributed by atoms with Crippen LogP contribution in [0.2, 0.25) is 0 Å². The molecule has 1 aromatic heterocycles. The summed E-state index contributed by atoms with van der Waals surface area (Å²) in [5.41, 5.74) is 15.9. The number of para-hydroxylation sites is 2. The average Bonchev–Trinajstić information content (AvgIpc) is 3.96. The second-order valence-electron chi connectivity index (χ2n) is 17.9. The van der Waals surface area contributed by atoms with Crippen molar-refractivity contribution < 1.29 is 8.22 Å². The van der Waals surface area contributed by atoms with Crippen LogP contribution in [0.1, 0.15) is 55.5 Å². The zero-order valence-corrected chi connectivity index (χ0v) is 35.2. The highest BCUT2D eigenvalue weighted by molar-refractivity contribution is 6.11. The van der Waals surface area contributed by atoms with Gasteiger partial charge in [-0.2, -0.15) is 0 Å². The van der Waals surface area contributed by atoms with Crippen LogP contribution in [-0.2, 0) is 10.8 Å². The largest absolute Gasteiger partial charge is 0.310 e. The highest BCUT2D eigenvalue weighted by Crippen LogP contribution is 2.62. The first-order chi connectivity index (χ1) is 34.0. The third kappa shape index (κ3) is 4.54. The van der Waals surface area contributed by atoms with Crippen molar-refractivity contribution in [3.05, 3.63) is 252 Å². The fourth-order valence-corrected chi connectivity index (χ4v) is 11.8. The van der Waals surface area contributed by atoms with E-state index in [1.807, 2.05) is 36.4 Å². The maximum Gasteiger partial charge on any atom is 0.0726 e. The Balaban J connectivity index is 1.10. The molecule has 10 aromatic carbocycles. The molecule has 1 spiro atoms. The Morgan fingerprint density at radius 2 is 0.938 bits per heavy atom. The van der Waals surface area contributed by atoms with Crippen LogP contribution in [0.3, 0.4) is 0 Å². The number of fused-ring (bicyclic) bond motifs is 15. The molecule has 1 atom stereocenters. The number of aromatic nitrogens is 1. The minimum absolute atomic E-state index is 0.116. The van der Waals surface area contributed by atoms with Gasteiger partial charge >= 0.3 is 0 Å². The predicted molar refractivity (Wildman–Crippen MR) is 267 cm³/mol. The fraction of sp³-hybridized carbons (Fsp3) is 0.0645. The summed E-state index contributed by atoms with van der Waals surface area (Å²) in [6.07, 6.45) is 0. The van der Waals surface area contributed by atoms with Crippen LogP contribution in [0.25, 0.3) is 71.6 Å². The van der Waals surface area contributed by atoms with E-state index in [0.717, 1.165) is 72.5 Å². The lowest BCUT2D eigenvalue weighted by atomic mass is 9.61. The Bertz CT molecular complexity index is 4130. The summed E-state index contributed by atoms with van der Waals surface area (Å²) in [5.74, 6) is 0. The van der Waals surface area contributed by atoms with Gasteiger partial charge in [-0.25, -0.2) is 0 Å². The van der Waals surface area contributed by atoms with Gasteiger partial charge in [-0.15, -0.1) is 0 Å². The first-order valence-electron chi connectivity index (χ1n) is 25.0. The van der Waals surface area contributed by atoms with Gasteiger partial charge in [-0.3, -0.25) is 0 Å². The van der Waals surface area contributed by atoms with Gasteiger partial charge in [0.05, 0.1) is 24.7 Å². The lowest BCUT2D eigenvalue weighted by Crippen LogP contribution is -2.32. The van der Waals surface area contributed by atoms with Crippen LogP contribution in [-0.4, -0.2) is 4.57 Å². The van der Waals surface area contributed by atoms with Crippen LogP contribution in [0.4, 0.5) is 17.1 Å². The average molecular weight is 821 g/mol. The van der Waals surface area contributed by atoms with Crippen LogP contribution in [0.15, 0.2) is 218 Å². The first kappa shape index (κ1) is 30.2. The van der Waals surface area contributed by atoms with E-state index in [0.29, 0.717) is 16.5 Å². The highest BCUT2D eigenvalue weighted by Gasteiger charge is 2.50. The molecule has 3 aliphatic rings. The molecule has 0 saturated carbocycles. The number of rotatable bonds is 4. The lowest BCUT2D eigenvalue weighted by molar-refractivity contribution is 0.660. The first-order valence-corrected chi connectivity index (χ1v) is 22.0. The molecule has 3 aliphatic carbocycles. The number of anilines is 3. The van der Waals surface area contributed by atoms with Crippen molar-refractivity contribution in [3.8, 4) is 39.1 Å². The van der Waals surface area contributed by atoms with Gasteiger partial charge in [0.15, 0.2) is 0 Å². The Morgan fingerprint density at radius 3 is 1.69 bits per heavy atom. The zero-order valence-electron chi connectivity index (χ0n) is 41.2. The second kappa shape index (κ2) is 12.8. The van der Waals surface area contributed by atoms with E-state index < -0.39 is 5.41 Å². The molecular formula is C62H42N2. The molecule has 1 heterocycles. The number of nitrogens with zero attached hydrogens (tertiary/aromatic N) is 2. The van der Waals surface area contributed by atoms with E-state index in [1.165, 1.54) is 27.6 Å². The summed E-state index contributed by atoms with van der Waals surface area (Å²) in [4.78, 5) is 2.35. The molecule has 0 fully saturated rings. The Kier molecular flexibility index (Phi) is 6.04. The maximum absolute atomic E-state index is 9.95. The van der Waals surface area contributed by atoms with E-state index >= 15 is 0 Å². The van der Waals surface area contributed by atoms with Gasteiger partial charge in [-0.05, 0) is 132 Å². The Morgan fingerprint density at radius 1 is 0.406 bits per heavy atom. The summed E-state index contributed by atoms with van der Waals surface area (Å²) in [6.45, 7) is 4.61. The summed E-state index contributed by atoms with van der Waals surface area (Å²) in [6, 6.07) is 62.9. The second-order valence-corrected chi connectivity index (χ2v) is 17.9. The standard InChI is InChI=1S/C62H42N2/c1-61(2)52-25-10-6-20-44(52)47-33-30-41(36-56(47)61)63(43-32-35-50-49-23-9-13-29-58(49)64(59(50)38-43)40-18-4-3-5-19-40)42-31-34-48-45-21-7-11-26-53(45)62(57(48)37-42)54-27-12-8-22-46(54)51-24-14-16-39-17-15-28-55(62)60(39)51/h3-38H,1-2H3/i14D,15D,16D,17D,24D,28D. The minimum Gasteiger partial charge on any atom is -0.310 e. The van der Waals surface area contributed by atoms with Gasteiger partial charge < -0.3 is 9.47 Å². The monoisotopic (exact) mass is 820 g/mol. The van der Waals surface area contributed by atoms with E-state index in [9.17, 15) is 6.85 Å². The molecule has 0 amide bonds. The minimum atomic E-state index is -1.19. The summed E-state index contributed by atoms with van der Waals surface area (Å²) in [7, 11) is 0. The molecule has 14 rings (SSSR count). The van der Waals surface area contributed by atoms with Gasteiger partial charge in [0, 0.05) is 38.9 Å². The molecular weight excluding hydrogens is 773 g/mol. The van der Waals surface area contributed by atoms with Crippen molar-refractivity contribution in [1.82, 2.24) is 4.57 Å². The SMILES string of the molecule is [2H]c1c([2H])c2c3c(c([2H])c([2H])c([2H])c3c1[2H])C1(c3ccccc3-c3ccc(N(c4ccc5c(c4)C(C)(C)c4ccccc4-5)c4ccc5c6ccccc6n(-c6ccccc6)c5c4)cc31)c1ccccc1-2. The molecule has 0 N–H and O–H groups in total. The van der Waals surface area contributed by atoms with Crippen molar-refractivity contribution in [2.24, 2.45) is 0 Å².